The van der Waals surface area contributed by atoms with Gasteiger partial charge in [-0.3, -0.25) is 0 Å². The Hall–Kier alpha value is -1.15. The lowest BCUT2D eigenvalue weighted by Crippen LogP contribution is -1.98. The van der Waals surface area contributed by atoms with Crippen molar-refractivity contribution in [1.82, 2.24) is 0 Å². The third-order valence-electron chi connectivity index (χ3n) is 2.29. The van der Waals surface area contributed by atoms with E-state index >= 15 is 0 Å². The lowest BCUT2D eigenvalue weighted by Gasteiger charge is -2.10. The highest BCUT2D eigenvalue weighted by molar-refractivity contribution is 9.10. The number of halogens is 1. The molecule has 0 radical (unpaired) electrons. The minimum Gasteiger partial charge on any atom is -0.384 e. The highest BCUT2D eigenvalue weighted by Crippen LogP contribution is 2.31. The van der Waals surface area contributed by atoms with E-state index in [1.807, 2.05) is 10.8 Å². The van der Waals surface area contributed by atoms with Crippen LogP contribution >= 0.6 is 27.3 Å². The lowest BCUT2D eigenvalue weighted by molar-refractivity contribution is 0.220. The molecule has 0 spiro atoms. The fraction of sp³-hybridized carbons (Fsp3) is 0.0833. The maximum atomic E-state index is 10.1. The zero-order valence-electron chi connectivity index (χ0n) is 8.22. The van der Waals surface area contributed by atoms with E-state index < -0.39 is 6.10 Å². The van der Waals surface area contributed by atoms with Gasteiger partial charge in [0.25, 0.3) is 0 Å². The van der Waals surface area contributed by atoms with E-state index in [-0.39, 0.29) is 0 Å². The third-order valence-corrected chi connectivity index (χ3v) is 4.04. The summed E-state index contributed by atoms with van der Waals surface area (Å²) in [5.74, 6) is 0. The van der Waals surface area contributed by atoms with Gasteiger partial charge in [-0.2, -0.15) is 16.6 Å². The van der Waals surface area contributed by atoms with Gasteiger partial charge in [-0.15, -0.1) is 0 Å². The molecule has 0 saturated carbocycles. The summed E-state index contributed by atoms with van der Waals surface area (Å²) in [6.07, 6.45) is -0.645. The molecule has 0 aliphatic carbocycles. The van der Waals surface area contributed by atoms with Gasteiger partial charge >= 0.3 is 0 Å². The number of thiophene rings is 1. The summed E-state index contributed by atoms with van der Waals surface area (Å²) in [4.78, 5) is 0. The number of aliphatic hydroxyl groups excluding tert-OH is 1. The van der Waals surface area contributed by atoms with Crippen LogP contribution in [0.5, 0.6) is 0 Å². The second kappa shape index (κ2) is 4.79. The summed E-state index contributed by atoms with van der Waals surface area (Å²) in [5.41, 5.74) is 2.24. The smallest absolute Gasteiger partial charge is 0.106 e. The Morgan fingerprint density at radius 1 is 1.25 bits per heavy atom. The summed E-state index contributed by atoms with van der Waals surface area (Å²) in [6.45, 7) is 0. The molecular weight excluding hydrogens is 286 g/mol. The molecule has 2 aromatic rings. The van der Waals surface area contributed by atoms with Crippen LogP contribution in [0.3, 0.4) is 0 Å². The van der Waals surface area contributed by atoms with Gasteiger partial charge in [-0.1, -0.05) is 12.1 Å². The molecular formula is C12H8BrNOS. The summed E-state index contributed by atoms with van der Waals surface area (Å²) >= 11 is 4.93. The maximum absolute atomic E-state index is 10.1. The van der Waals surface area contributed by atoms with E-state index in [2.05, 4.69) is 22.0 Å². The van der Waals surface area contributed by atoms with Gasteiger partial charge < -0.3 is 5.11 Å². The number of hydrogen-bond donors (Lipinski definition) is 1. The Kier molecular flexibility index (Phi) is 3.39. The third kappa shape index (κ3) is 2.17. The normalized spacial score (nSPS) is 12.1. The molecule has 0 saturated heterocycles. The van der Waals surface area contributed by atoms with Crippen molar-refractivity contribution in [3.63, 3.8) is 0 Å². The molecule has 1 unspecified atom stereocenters. The standard InChI is InChI=1S/C12H8BrNOS/c13-11-7-16-6-10(11)12(15)9-3-1-8(5-14)2-4-9/h1-4,6-7,12,15H. The molecule has 0 aliphatic heterocycles. The predicted octanol–water partition coefficient (Wildman–Crippen LogP) is 3.46. The minimum atomic E-state index is -0.645. The largest absolute Gasteiger partial charge is 0.384 e. The quantitative estimate of drug-likeness (QED) is 0.921. The van der Waals surface area contributed by atoms with Crippen LogP contribution in [0.25, 0.3) is 0 Å². The first-order valence-electron chi connectivity index (χ1n) is 4.62. The number of hydrogen-bond acceptors (Lipinski definition) is 3. The molecule has 1 atom stereocenters. The highest BCUT2D eigenvalue weighted by Gasteiger charge is 2.14. The predicted molar refractivity (Wildman–Crippen MR) is 67.2 cm³/mol. The van der Waals surface area contributed by atoms with Crippen LogP contribution in [0.1, 0.15) is 22.8 Å². The van der Waals surface area contributed by atoms with Crippen molar-refractivity contribution in [2.24, 2.45) is 0 Å². The molecule has 1 N–H and O–H groups in total. The number of nitriles is 1. The molecule has 4 heteroatoms. The van der Waals surface area contributed by atoms with Gasteiger partial charge in [-0.05, 0) is 39.0 Å². The Balaban J connectivity index is 2.31. The van der Waals surface area contributed by atoms with Gasteiger partial charge in [-0.25, -0.2) is 0 Å². The average molecular weight is 294 g/mol. The zero-order chi connectivity index (χ0) is 11.5. The molecule has 0 aliphatic rings. The molecule has 1 aromatic carbocycles. The molecule has 0 bridgehead atoms. The van der Waals surface area contributed by atoms with Gasteiger partial charge in [0.15, 0.2) is 0 Å². The molecule has 0 fully saturated rings. The van der Waals surface area contributed by atoms with Crippen LogP contribution in [0, 0.1) is 11.3 Å². The van der Waals surface area contributed by atoms with E-state index in [0.29, 0.717) is 5.56 Å². The van der Waals surface area contributed by atoms with Crippen molar-refractivity contribution in [3.8, 4) is 6.07 Å². The van der Waals surface area contributed by atoms with E-state index in [1.165, 1.54) is 11.3 Å². The van der Waals surface area contributed by atoms with Gasteiger partial charge in [0.1, 0.15) is 6.10 Å². The van der Waals surface area contributed by atoms with E-state index in [4.69, 9.17) is 5.26 Å². The Bertz CT molecular complexity index is 527. The van der Waals surface area contributed by atoms with Crippen LogP contribution in [0.2, 0.25) is 0 Å². The second-order valence-corrected chi connectivity index (χ2v) is 4.91. The minimum absolute atomic E-state index is 0.598. The molecule has 80 valence electrons. The summed E-state index contributed by atoms with van der Waals surface area (Å²) in [6, 6.07) is 9.01. The van der Waals surface area contributed by atoms with Crippen molar-refractivity contribution < 1.29 is 5.11 Å². The first-order valence-corrected chi connectivity index (χ1v) is 6.35. The molecule has 2 rings (SSSR count). The maximum Gasteiger partial charge on any atom is 0.106 e. The lowest BCUT2D eigenvalue weighted by atomic mass is 10.0. The molecule has 1 aromatic heterocycles. The van der Waals surface area contributed by atoms with Crippen molar-refractivity contribution in [3.05, 3.63) is 56.2 Å². The van der Waals surface area contributed by atoms with Gasteiger partial charge in [0.2, 0.25) is 0 Å². The zero-order valence-corrected chi connectivity index (χ0v) is 10.6. The SMILES string of the molecule is N#Cc1ccc(C(O)c2cscc2Br)cc1. The second-order valence-electron chi connectivity index (χ2n) is 3.31. The monoisotopic (exact) mass is 293 g/mol. The Labute approximate surface area is 106 Å². The topological polar surface area (TPSA) is 44.0 Å². The first kappa shape index (κ1) is 11.3. The van der Waals surface area contributed by atoms with E-state index in [1.54, 1.807) is 24.3 Å². The van der Waals surface area contributed by atoms with Crippen LogP contribution < -0.4 is 0 Å². The fourth-order valence-corrected chi connectivity index (χ4v) is 2.94. The molecule has 2 nitrogen and oxygen atoms in total. The summed E-state index contributed by atoms with van der Waals surface area (Å²) in [5, 5.41) is 22.6. The van der Waals surface area contributed by atoms with Crippen LogP contribution in [-0.4, -0.2) is 5.11 Å². The van der Waals surface area contributed by atoms with Crippen LogP contribution in [-0.2, 0) is 0 Å². The number of benzene rings is 1. The van der Waals surface area contributed by atoms with Crippen molar-refractivity contribution in [2.75, 3.05) is 0 Å². The van der Waals surface area contributed by atoms with E-state index in [0.717, 1.165) is 15.6 Å². The number of aliphatic hydroxyl groups is 1. The molecule has 16 heavy (non-hydrogen) atoms. The van der Waals surface area contributed by atoms with Gasteiger partial charge in [0.05, 0.1) is 11.6 Å². The number of nitrogens with zero attached hydrogens (tertiary/aromatic N) is 1. The summed E-state index contributed by atoms with van der Waals surface area (Å²) < 4.78 is 0.911. The van der Waals surface area contributed by atoms with Crippen molar-refractivity contribution in [2.45, 2.75) is 6.10 Å². The van der Waals surface area contributed by atoms with Crippen molar-refractivity contribution >= 4 is 27.3 Å². The Morgan fingerprint density at radius 2 is 1.94 bits per heavy atom. The number of rotatable bonds is 2. The van der Waals surface area contributed by atoms with Crippen LogP contribution in [0.15, 0.2) is 39.5 Å². The fourth-order valence-electron chi connectivity index (χ4n) is 1.41. The van der Waals surface area contributed by atoms with Crippen molar-refractivity contribution in [1.29, 1.82) is 5.26 Å². The van der Waals surface area contributed by atoms with Gasteiger partial charge in [0, 0.05) is 15.4 Å². The van der Waals surface area contributed by atoms with Crippen LogP contribution in [0.4, 0.5) is 0 Å². The molecule has 0 amide bonds. The first-order chi connectivity index (χ1) is 7.72. The summed E-state index contributed by atoms with van der Waals surface area (Å²) in [7, 11) is 0. The molecule has 1 heterocycles. The van der Waals surface area contributed by atoms with E-state index in [9.17, 15) is 5.11 Å². The highest BCUT2D eigenvalue weighted by atomic mass is 79.9. The Morgan fingerprint density at radius 3 is 2.44 bits per heavy atom. The average Bonchev–Trinajstić information content (AvgIpc) is 2.75.